The van der Waals surface area contributed by atoms with Crippen molar-refractivity contribution >= 4 is 0 Å². The van der Waals surface area contributed by atoms with Crippen molar-refractivity contribution in [1.29, 1.82) is 0 Å². The maximum atomic E-state index is 10.9. The van der Waals surface area contributed by atoms with Crippen LogP contribution in [0, 0.1) is 22.7 Å². The number of aliphatic hydroxyl groups excluding tert-OH is 1. The second-order valence-electron chi connectivity index (χ2n) is 9.50. The minimum absolute atomic E-state index is 0.245. The first-order valence-corrected chi connectivity index (χ1v) is 9.23. The molecule has 4 unspecified atom stereocenters. The van der Waals surface area contributed by atoms with E-state index < -0.39 is 5.60 Å². The van der Waals surface area contributed by atoms with E-state index in [0.29, 0.717) is 17.8 Å². The van der Waals surface area contributed by atoms with Gasteiger partial charge < -0.3 is 10.2 Å². The van der Waals surface area contributed by atoms with Gasteiger partial charge in [-0.1, -0.05) is 46.6 Å². The molecule has 0 spiro atoms. The molecule has 126 valence electrons. The Morgan fingerprint density at radius 2 is 1.77 bits per heavy atom. The molecule has 0 aromatic rings. The highest BCUT2D eigenvalue weighted by atomic mass is 16.3. The number of allylic oxidation sites excluding steroid dienone is 1. The Bertz CT molecular complexity index is 490. The van der Waals surface area contributed by atoms with Crippen LogP contribution in [0.2, 0.25) is 0 Å². The van der Waals surface area contributed by atoms with Gasteiger partial charge in [0.2, 0.25) is 0 Å². The SMILES string of the molecule is CC(C)C1(O)CCC2=C(C1)C(O)CC1C(C)(C)CCCC21C. The summed E-state index contributed by atoms with van der Waals surface area (Å²) in [5.74, 6) is 0.829. The van der Waals surface area contributed by atoms with Crippen molar-refractivity contribution in [3.8, 4) is 0 Å². The van der Waals surface area contributed by atoms with Crippen LogP contribution in [0.1, 0.15) is 79.6 Å². The predicted molar refractivity (Wildman–Crippen MR) is 90.5 cm³/mol. The van der Waals surface area contributed by atoms with Gasteiger partial charge in [-0.3, -0.25) is 0 Å². The van der Waals surface area contributed by atoms with Gasteiger partial charge in [-0.05, 0) is 60.3 Å². The normalized spacial score (nSPS) is 44.7. The fourth-order valence-corrected chi connectivity index (χ4v) is 5.92. The summed E-state index contributed by atoms with van der Waals surface area (Å²) >= 11 is 0. The van der Waals surface area contributed by atoms with Gasteiger partial charge in [0.25, 0.3) is 0 Å². The molecule has 0 bridgehead atoms. The lowest BCUT2D eigenvalue weighted by molar-refractivity contribution is -0.0576. The van der Waals surface area contributed by atoms with E-state index in [1.54, 1.807) is 0 Å². The lowest BCUT2D eigenvalue weighted by atomic mass is 9.48. The van der Waals surface area contributed by atoms with Crippen LogP contribution in [-0.2, 0) is 0 Å². The fourth-order valence-electron chi connectivity index (χ4n) is 5.92. The van der Waals surface area contributed by atoms with Gasteiger partial charge >= 0.3 is 0 Å². The Morgan fingerprint density at radius 3 is 2.41 bits per heavy atom. The van der Waals surface area contributed by atoms with E-state index in [1.807, 2.05) is 0 Å². The molecule has 3 rings (SSSR count). The van der Waals surface area contributed by atoms with Crippen molar-refractivity contribution < 1.29 is 10.2 Å². The largest absolute Gasteiger partial charge is 0.389 e. The molecule has 0 saturated heterocycles. The van der Waals surface area contributed by atoms with Crippen LogP contribution >= 0.6 is 0 Å². The summed E-state index contributed by atoms with van der Waals surface area (Å²) in [5.41, 5.74) is 2.65. The highest BCUT2D eigenvalue weighted by molar-refractivity contribution is 5.35. The third-order valence-electron chi connectivity index (χ3n) is 7.55. The zero-order chi connectivity index (χ0) is 16.3. The topological polar surface area (TPSA) is 40.5 Å². The van der Waals surface area contributed by atoms with Gasteiger partial charge in [-0.15, -0.1) is 0 Å². The smallest absolute Gasteiger partial charge is 0.0757 e. The quantitative estimate of drug-likeness (QED) is 0.703. The van der Waals surface area contributed by atoms with Crippen molar-refractivity contribution in [1.82, 2.24) is 0 Å². The van der Waals surface area contributed by atoms with Gasteiger partial charge in [0.15, 0.2) is 0 Å². The molecule has 0 radical (unpaired) electrons. The highest BCUT2D eigenvalue weighted by Crippen LogP contribution is 2.62. The van der Waals surface area contributed by atoms with Gasteiger partial charge in [0.1, 0.15) is 0 Å². The van der Waals surface area contributed by atoms with Crippen molar-refractivity contribution in [2.45, 2.75) is 91.3 Å². The molecule has 0 aliphatic heterocycles. The van der Waals surface area contributed by atoms with E-state index in [1.165, 1.54) is 30.4 Å². The molecule has 2 N–H and O–H groups in total. The summed E-state index contributed by atoms with van der Waals surface area (Å²) in [7, 11) is 0. The molecule has 22 heavy (non-hydrogen) atoms. The Hall–Kier alpha value is -0.340. The summed E-state index contributed by atoms with van der Waals surface area (Å²) in [6.07, 6.45) is 6.90. The maximum Gasteiger partial charge on any atom is 0.0757 e. The van der Waals surface area contributed by atoms with Crippen molar-refractivity contribution in [3.63, 3.8) is 0 Å². The Kier molecular flexibility index (Phi) is 3.81. The number of hydrogen-bond donors (Lipinski definition) is 2. The predicted octanol–water partition coefficient (Wildman–Crippen LogP) is 4.45. The number of rotatable bonds is 1. The number of aliphatic hydroxyl groups is 2. The van der Waals surface area contributed by atoms with Crippen LogP contribution in [0.4, 0.5) is 0 Å². The third-order valence-corrected chi connectivity index (χ3v) is 7.55. The molecule has 2 nitrogen and oxygen atoms in total. The minimum Gasteiger partial charge on any atom is -0.389 e. The zero-order valence-electron chi connectivity index (χ0n) is 15.1. The Labute approximate surface area is 136 Å². The van der Waals surface area contributed by atoms with E-state index in [4.69, 9.17) is 0 Å². The van der Waals surface area contributed by atoms with Crippen molar-refractivity contribution in [2.24, 2.45) is 22.7 Å². The summed E-state index contributed by atoms with van der Waals surface area (Å²) in [4.78, 5) is 0. The van der Waals surface area contributed by atoms with Crippen LogP contribution < -0.4 is 0 Å². The molecule has 4 atom stereocenters. The number of fused-ring (bicyclic) bond motifs is 2. The molecular formula is C20H34O2. The molecule has 1 fully saturated rings. The number of hydrogen-bond acceptors (Lipinski definition) is 2. The van der Waals surface area contributed by atoms with Gasteiger partial charge in [-0.25, -0.2) is 0 Å². The fraction of sp³-hybridized carbons (Fsp3) is 0.900. The first-order chi connectivity index (χ1) is 10.1. The molecule has 0 aromatic carbocycles. The van der Waals surface area contributed by atoms with Gasteiger partial charge in [0.05, 0.1) is 11.7 Å². The van der Waals surface area contributed by atoms with E-state index in [9.17, 15) is 10.2 Å². The summed E-state index contributed by atoms with van der Waals surface area (Å²) in [5, 5.41) is 21.8. The summed E-state index contributed by atoms with van der Waals surface area (Å²) in [6.45, 7) is 11.4. The van der Waals surface area contributed by atoms with E-state index in [0.717, 1.165) is 19.3 Å². The third kappa shape index (κ3) is 2.29. The van der Waals surface area contributed by atoms with Crippen LogP contribution in [0.5, 0.6) is 0 Å². The van der Waals surface area contributed by atoms with Crippen LogP contribution in [0.25, 0.3) is 0 Å². The monoisotopic (exact) mass is 306 g/mol. The lowest BCUT2D eigenvalue weighted by Crippen LogP contribution is -2.52. The molecule has 3 aliphatic carbocycles. The second-order valence-corrected chi connectivity index (χ2v) is 9.50. The molecule has 0 heterocycles. The van der Waals surface area contributed by atoms with Crippen LogP contribution in [-0.4, -0.2) is 21.9 Å². The molecule has 2 heteroatoms. The Morgan fingerprint density at radius 1 is 1.09 bits per heavy atom. The Balaban J connectivity index is 2.02. The van der Waals surface area contributed by atoms with Crippen molar-refractivity contribution in [3.05, 3.63) is 11.1 Å². The van der Waals surface area contributed by atoms with E-state index >= 15 is 0 Å². The molecule has 1 saturated carbocycles. The standard InChI is InChI=1S/C20H34O2/c1-13(2)20(22)10-7-15-14(12-20)16(21)11-17-18(3,4)8-6-9-19(15,17)5/h13,16-17,21-22H,6-12H2,1-5H3. The van der Waals surface area contributed by atoms with Crippen LogP contribution in [0.3, 0.4) is 0 Å². The van der Waals surface area contributed by atoms with Crippen LogP contribution in [0.15, 0.2) is 11.1 Å². The average Bonchev–Trinajstić information content (AvgIpc) is 2.41. The molecule has 0 amide bonds. The van der Waals surface area contributed by atoms with Gasteiger partial charge in [0, 0.05) is 6.42 Å². The molecular weight excluding hydrogens is 272 g/mol. The highest BCUT2D eigenvalue weighted by Gasteiger charge is 2.54. The summed E-state index contributed by atoms with van der Waals surface area (Å²) in [6, 6.07) is 0. The maximum absolute atomic E-state index is 10.9. The first-order valence-electron chi connectivity index (χ1n) is 9.23. The summed E-state index contributed by atoms with van der Waals surface area (Å²) < 4.78 is 0. The molecule has 0 aromatic heterocycles. The second kappa shape index (κ2) is 5.08. The average molecular weight is 306 g/mol. The zero-order valence-corrected chi connectivity index (χ0v) is 15.1. The van der Waals surface area contributed by atoms with Crippen molar-refractivity contribution in [2.75, 3.05) is 0 Å². The first kappa shape index (κ1) is 16.5. The molecule has 3 aliphatic rings. The lowest BCUT2D eigenvalue weighted by Gasteiger charge is -2.58. The van der Waals surface area contributed by atoms with E-state index in [-0.39, 0.29) is 17.4 Å². The van der Waals surface area contributed by atoms with Gasteiger partial charge in [-0.2, -0.15) is 0 Å². The minimum atomic E-state index is -0.618. The van der Waals surface area contributed by atoms with E-state index in [2.05, 4.69) is 34.6 Å².